The van der Waals surface area contributed by atoms with Crippen LogP contribution in [0.2, 0.25) is 0 Å². The lowest BCUT2D eigenvalue weighted by Crippen LogP contribution is -2.26. The zero-order valence-electron chi connectivity index (χ0n) is 13.9. The fraction of sp³-hybridized carbons (Fsp3) is 0.222. The summed E-state index contributed by atoms with van der Waals surface area (Å²) in [4.78, 5) is 0. The van der Waals surface area contributed by atoms with Gasteiger partial charge in [0, 0.05) is 18.8 Å². The summed E-state index contributed by atoms with van der Waals surface area (Å²) in [5, 5.41) is 4.64. The molecule has 0 aromatic heterocycles. The van der Waals surface area contributed by atoms with Crippen molar-refractivity contribution in [3.63, 3.8) is 0 Å². The third-order valence-corrected chi connectivity index (χ3v) is 3.41. The molecule has 1 aromatic rings. The molecule has 0 bridgehead atoms. The van der Waals surface area contributed by atoms with Crippen molar-refractivity contribution in [2.75, 3.05) is 12.1 Å². The fourth-order valence-electron chi connectivity index (χ4n) is 2.33. The van der Waals surface area contributed by atoms with Crippen molar-refractivity contribution in [1.29, 1.82) is 0 Å². The maximum atomic E-state index is 6.10. The molecule has 0 amide bonds. The number of benzene rings is 1. The molecular weight excluding hydrogens is 308 g/mol. The van der Waals surface area contributed by atoms with E-state index in [4.69, 9.17) is 23.2 Å². The lowest BCUT2D eigenvalue weighted by molar-refractivity contribution is 1.04. The van der Waals surface area contributed by atoms with E-state index in [1.54, 1.807) is 6.08 Å². The second kappa shape index (κ2) is 9.08. The number of nitrogens with zero attached hydrogens (tertiary/aromatic N) is 1. The molecule has 0 heterocycles. The van der Waals surface area contributed by atoms with Gasteiger partial charge < -0.3 is 11.1 Å². The van der Waals surface area contributed by atoms with Crippen LogP contribution < -0.4 is 21.9 Å². The molecule has 0 aliphatic heterocycles. The summed E-state index contributed by atoms with van der Waals surface area (Å²) in [6.45, 7) is 7.97. The highest BCUT2D eigenvalue weighted by molar-refractivity contribution is 6.29. The number of allylic oxidation sites excluding steroid dienone is 4. The van der Waals surface area contributed by atoms with Gasteiger partial charge in [-0.1, -0.05) is 48.9 Å². The Morgan fingerprint density at radius 2 is 2.13 bits per heavy atom. The molecule has 5 N–H and O–H groups in total. The number of hydrogen-bond donors (Lipinski definition) is 3. The van der Waals surface area contributed by atoms with Gasteiger partial charge in [0.05, 0.1) is 11.9 Å². The second-order valence-corrected chi connectivity index (χ2v) is 5.51. The topological polar surface area (TPSA) is 67.3 Å². The van der Waals surface area contributed by atoms with E-state index < -0.39 is 0 Å². The Morgan fingerprint density at radius 1 is 1.43 bits per heavy atom. The van der Waals surface area contributed by atoms with Crippen molar-refractivity contribution in [3.8, 4) is 0 Å². The highest BCUT2D eigenvalue weighted by Gasteiger charge is 2.14. The van der Waals surface area contributed by atoms with E-state index in [0.29, 0.717) is 0 Å². The van der Waals surface area contributed by atoms with Crippen molar-refractivity contribution in [2.24, 2.45) is 11.6 Å². The Kier molecular flexibility index (Phi) is 7.45. The highest BCUT2D eigenvalue weighted by atomic mass is 35.5. The quantitative estimate of drug-likeness (QED) is 0.308. The van der Waals surface area contributed by atoms with Gasteiger partial charge in [-0.2, -0.15) is 0 Å². The first-order valence-electron chi connectivity index (χ1n) is 7.41. The maximum absolute atomic E-state index is 6.10. The van der Waals surface area contributed by atoms with E-state index in [-0.39, 0.29) is 5.16 Å². The van der Waals surface area contributed by atoms with Crippen molar-refractivity contribution >= 4 is 22.9 Å². The molecule has 1 aromatic carbocycles. The van der Waals surface area contributed by atoms with Crippen molar-refractivity contribution in [1.82, 2.24) is 5.32 Å². The van der Waals surface area contributed by atoms with Crippen LogP contribution in [-0.4, -0.2) is 7.05 Å². The van der Waals surface area contributed by atoms with Crippen molar-refractivity contribution in [2.45, 2.75) is 20.3 Å². The standard InChI is InChI=1S/C18H25ClN4/c1-5-7-15(14(6-2)11-22-4)16-10-13(3)8-9-17(16)23(21)12-18(19)20/h5,7-12,22H,1,6,20-21H2,2-4H3/b14-11-,15-7+,18-12-. The van der Waals surface area contributed by atoms with Crippen LogP contribution in [0, 0.1) is 6.92 Å². The lowest BCUT2D eigenvalue weighted by Gasteiger charge is -2.21. The van der Waals surface area contributed by atoms with E-state index in [0.717, 1.165) is 34.4 Å². The monoisotopic (exact) mass is 332 g/mol. The van der Waals surface area contributed by atoms with Gasteiger partial charge in [-0.15, -0.1) is 0 Å². The summed E-state index contributed by atoms with van der Waals surface area (Å²) in [5.41, 5.74) is 10.7. The molecule has 0 unspecified atom stereocenters. The van der Waals surface area contributed by atoms with E-state index in [2.05, 4.69) is 24.9 Å². The largest absolute Gasteiger partial charge is 0.394 e. The van der Waals surface area contributed by atoms with Crippen LogP contribution in [0.5, 0.6) is 0 Å². The summed E-state index contributed by atoms with van der Waals surface area (Å²) in [7, 11) is 1.88. The first-order valence-corrected chi connectivity index (χ1v) is 7.79. The molecule has 0 aliphatic carbocycles. The first kappa shape index (κ1) is 18.9. The van der Waals surface area contributed by atoms with Crippen LogP contribution in [0.3, 0.4) is 0 Å². The first-order chi connectivity index (χ1) is 10.9. The molecule has 124 valence electrons. The summed E-state index contributed by atoms with van der Waals surface area (Å²) in [5.74, 6) is 6.10. The smallest absolute Gasteiger partial charge is 0.117 e. The number of nitrogens with two attached hydrogens (primary N) is 2. The SMILES string of the molecule is C=C/C=C(\C(=C/NC)CC)c1cc(C)ccc1N(N)/C=C(\N)Cl. The minimum Gasteiger partial charge on any atom is -0.394 e. The molecular formula is C18H25ClN4. The molecule has 0 aliphatic rings. The third kappa shape index (κ3) is 5.20. The minimum atomic E-state index is 0.120. The number of hydrazine groups is 1. The summed E-state index contributed by atoms with van der Waals surface area (Å²) >= 11 is 5.75. The number of hydrogen-bond acceptors (Lipinski definition) is 4. The third-order valence-electron chi connectivity index (χ3n) is 3.31. The lowest BCUT2D eigenvalue weighted by atomic mass is 9.93. The average Bonchev–Trinajstić information content (AvgIpc) is 2.49. The Balaban J connectivity index is 3.56. The predicted molar refractivity (Wildman–Crippen MR) is 102 cm³/mol. The Hall–Kier alpha value is -2.17. The highest BCUT2D eigenvalue weighted by Crippen LogP contribution is 2.33. The van der Waals surface area contributed by atoms with Crippen LogP contribution in [0.1, 0.15) is 24.5 Å². The molecule has 0 saturated heterocycles. The van der Waals surface area contributed by atoms with Gasteiger partial charge in [0.15, 0.2) is 0 Å². The molecule has 0 fully saturated rings. The number of nitrogens with one attached hydrogen (secondary N) is 1. The van der Waals surface area contributed by atoms with Gasteiger partial charge in [0.1, 0.15) is 5.16 Å². The second-order valence-electron chi connectivity index (χ2n) is 5.07. The molecule has 0 radical (unpaired) electrons. The zero-order chi connectivity index (χ0) is 17.4. The van der Waals surface area contributed by atoms with Crippen LogP contribution in [0.25, 0.3) is 5.57 Å². The molecule has 1 rings (SSSR count). The van der Waals surface area contributed by atoms with Crippen LogP contribution >= 0.6 is 11.6 Å². The predicted octanol–water partition coefficient (Wildman–Crippen LogP) is 3.75. The van der Waals surface area contributed by atoms with Gasteiger partial charge >= 0.3 is 0 Å². The molecule has 0 saturated carbocycles. The van der Waals surface area contributed by atoms with Crippen molar-refractivity contribution in [3.05, 3.63) is 71.2 Å². The number of halogens is 1. The molecule has 23 heavy (non-hydrogen) atoms. The number of aryl methyl sites for hydroxylation is 1. The van der Waals surface area contributed by atoms with E-state index >= 15 is 0 Å². The molecule has 4 nitrogen and oxygen atoms in total. The molecule has 0 spiro atoms. The van der Waals surface area contributed by atoms with Gasteiger partial charge in [0.2, 0.25) is 0 Å². The summed E-state index contributed by atoms with van der Waals surface area (Å²) < 4.78 is 0. The van der Waals surface area contributed by atoms with Gasteiger partial charge in [-0.25, -0.2) is 5.84 Å². The van der Waals surface area contributed by atoms with E-state index in [1.807, 2.05) is 38.4 Å². The maximum Gasteiger partial charge on any atom is 0.117 e. The Bertz CT molecular complexity index is 640. The Labute approximate surface area is 143 Å². The normalized spacial score (nSPS) is 13.0. The number of rotatable bonds is 7. The fourth-order valence-corrected chi connectivity index (χ4v) is 2.43. The van der Waals surface area contributed by atoms with Gasteiger partial charge in [-0.05, 0) is 36.6 Å². The van der Waals surface area contributed by atoms with Gasteiger partial charge in [0.25, 0.3) is 0 Å². The number of anilines is 1. The van der Waals surface area contributed by atoms with Crippen molar-refractivity contribution < 1.29 is 0 Å². The van der Waals surface area contributed by atoms with Crippen LogP contribution in [0.4, 0.5) is 5.69 Å². The molecule has 5 heteroatoms. The van der Waals surface area contributed by atoms with Gasteiger partial charge in [-0.3, -0.25) is 5.01 Å². The van der Waals surface area contributed by atoms with Crippen LogP contribution in [-0.2, 0) is 0 Å². The Morgan fingerprint density at radius 3 is 2.65 bits per heavy atom. The van der Waals surface area contributed by atoms with Crippen LogP contribution in [0.15, 0.2) is 60.1 Å². The average molecular weight is 333 g/mol. The molecule has 0 atom stereocenters. The summed E-state index contributed by atoms with van der Waals surface area (Å²) in [6.07, 6.45) is 8.08. The van der Waals surface area contributed by atoms with E-state index in [9.17, 15) is 0 Å². The minimum absolute atomic E-state index is 0.120. The zero-order valence-corrected chi connectivity index (χ0v) is 14.7. The van der Waals surface area contributed by atoms with E-state index in [1.165, 1.54) is 11.2 Å². The summed E-state index contributed by atoms with van der Waals surface area (Å²) in [6, 6.07) is 6.03.